The van der Waals surface area contributed by atoms with E-state index in [2.05, 4.69) is 5.32 Å². The van der Waals surface area contributed by atoms with Gasteiger partial charge in [0.2, 0.25) is 0 Å². The predicted octanol–water partition coefficient (Wildman–Crippen LogP) is 6.04. The molecule has 6 heteroatoms. The van der Waals surface area contributed by atoms with Crippen molar-refractivity contribution in [2.24, 2.45) is 0 Å². The van der Waals surface area contributed by atoms with Gasteiger partial charge in [0.1, 0.15) is 5.69 Å². The van der Waals surface area contributed by atoms with Crippen LogP contribution in [0, 0.1) is 27.7 Å². The molecule has 0 bridgehead atoms. The molecule has 0 aliphatic rings. The summed E-state index contributed by atoms with van der Waals surface area (Å²) in [5, 5.41) is 2.90. The molecule has 0 aliphatic carbocycles. The van der Waals surface area contributed by atoms with Gasteiger partial charge in [0, 0.05) is 17.9 Å². The number of carbonyl (C=O) groups excluding carboxylic acids is 1. The zero-order valence-corrected chi connectivity index (χ0v) is 16.8. The highest BCUT2D eigenvalue weighted by atomic mass is 19.4. The van der Waals surface area contributed by atoms with E-state index in [-0.39, 0.29) is 12.5 Å². The summed E-state index contributed by atoms with van der Waals surface area (Å²) in [4.78, 5) is 13.0. The number of rotatable bonds is 4. The van der Waals surface area contributed by atoms with Gasteiger partial charge in [-0.3, -0.25) is 4.79 Å². The van der Waals surface area contributed by atoms with Crippen molar-refractivity contribution in [2.45, 2.75) is 40.4 Å². The van der Waals surface area contributed by atoms with Crippen LogP contribution in [-0.2, 0) is 12.7 Å². The Morgan fingerprint density at radius 2 is 1.66 bits per heavy atom. The Kier molecular flexibility index (Phi) is 5.55. The molecule has 3 rings (SSSR count). The molecular weight excluding hydrogens is 377 g/mol. The van der Waals surface area contributed by atoms with E-state index in [0.717, 1.165) is 34.5 Å². The first-order valence-electron chi connectivity index (χ1n) is 9.28. The number of anilines is 1. The van der Waals surface area contributed by atoms with Gasteiger partial charge < -0.3 is 9.88 Å². The Morgan fingerprint density at radius 1 is 0.966 bits per heavy atom. The first-order chi connectivity index (χ1) is 13.6. The van der Waals surface area contributed by atoms with Gasteiger partial charge in [0.15, 0.2) is 0 Å². The van der Waals surface area contributed by atoms with Gasteiger partial charge in [-0.1, -0.05) is 24.3 Å². The fourth-order valence-electron chi connectivity index (χ4n) is 3.45. The Balaban J connectivity index is 1.98. The maximum atomic E-state index is 13.1. The van der Waals surface area contributed by atoms with Crippen molar-refractivity contribution in [3.8, 4) is 0 Å². The smallest absolute Gasteiger partial charge is 0.336 e. The normalized spacial score (nSPS) is 11.6. The molecule has 1 amide bonds. The molecule has 1 aromatic heterocycles. The summed E-state index contributed by atoms with van der Waals surface area (Å²) in [6.07, 6.45) is -4.40. The Hall–Kier alpha value is -3.02. The van der Waals surface area contributed by atoms with E-state index in [4.69, 9.17) is 0 Å². The van der Waals surface area contributed by atoms with Crippen LogP contribution in [0.4, 0.5) is 18.9 Å². The van der Waals surface area contributed by atoms with Crippen LogP contribution < -0.4 is 5.32 Å². The summed E-state index contributed by atoms with van der Waals surface area (Å²) in [7, 11) is 0. The topological polar surface area (TPSA) is 34.0 Å². The summed E-state index contributed by atoms with van der Waals surface area (Å²) in [5.41, 5.74) is 4.57. The number of aryl methyl sites for hydroxylation is 1. The molecule has 0 spiro atoms. The van der Waals surface area contributed by atoms with E-state index >= 15 is 0 Å². The zero-order valence-electron chi connectivity index (χ0n) is 16.8. The van der Waals surface area contributed by atoms with E-state index in [0.29, 0.717) is 16.9 Å². The number of amides is 1. The maximum absolute atomic E-state index is 13.1. The summed E-state index contributed by atoms with van der Waals surface area (Å²) in [6.45, 7) is 7.76. The molecule has 0 saturated carbocycles. The zero-order chi connectivity index (χ0) is 21.3. The quantitative estimate of drug-likeness (QED) is 0.569. The number of hydrogen-bond acceptors (Lipinski definition) is 1. The fourth-order valence-corrected chi connectivity index (χ4v) is 3.45. The van der Waals surface area contributed by atoms with Crippen molar-refractivity contribution in [3.05, 3.63) is 87.7 Å². The lowest BCUT2D eigenvalue weighted by Crippen LogP contribution is -2.19. The summed E-state index contributed by atoms with van der Waals surface area (Å²) in [5.74, 6) is -0.281. The molecule has 3 nitrogen and oxygen atoms in total. The molecule has 1 heterocycles. The molecule has 0 atom stereocenters. The molecule has 1 N–H and O–H groups in total. The third-order valence-corrected chi connectivity index (χ3v) is 5.22. The van der Waals surface area contributed by atoms with Crippen molar-refractivity contribution >= 4 is 11.6 Å². The number of nitrogens with zero attached hydrogens (tertiary/aromatic N) is 1. The third kappa shape index (κ3) is 4.36. The van der Waals surface area contributed by atoms with Crippen LogP contribution >= 0.6 is 0 Å². The largest absolute Gasteiger partial charge is 0.416 e. The maximum Gasteiger partial charge on any atom is 0.416 e. The second kappa shape index (κ2) is 7.78. The van der Waals surface area contributed by atoms with Gasteiger partial charge >= 0.3 is 6.18 Å². The second-order valence-electron chi connectivity index (χ2n) is 7.29. The van der Waals surface area contributed by atoms with Crippen molar-refractivity contribution in [1.82, 2.24) is 4.57 Å². The first-order valence-corrected chi connectivity index (χ1v) is 9.28. The predicted molar refractivity (Wildman–Crippen MR) is 108 cm³/mol. The summed E-state index contributed by atoms with van der Waals surface area (Å²) < 4.78 is 41.0. The molecule has 3 aromatic rings. The second-order valence-corrected chi connectivity index (χ2v) is 7.29. The minimum absolute atomic E-state index is 0.182. The Morgan fingerprint density at radius 3 is 2.31 bits per heavy atom. The number of alkyl halides is 3. The highest BCUT2D eigenvalue weighted by molar-refractivity contribution is 6.04. The first kappa shape index (κ1) is 20.7. The minimum atomic E-state index is -4.40. The van der Waals surface area contributed by atoms with Gasteiger partial charge in [-0.25, -0.2) is 0 Å². The molecular formula is C23H23F3N2O. The Labute approximate surface area is 168 Å². The third-order valence-electron chi connectivity index (χ3n) is 5.22. The van der Waals surface area contributed by atoms with Crippen LogP contribution in [-0.4, -0.2) is 10.5 Å². The van der Waals surface area contributed by atoms with Crippen LogP contribution in [0.25, 0.3) is 0 Å². The number of benzene rings is 2. The van der Waals surface area contributed by atoms with E-state index in [1.165, 1.54) is 6.07 Å². The van der Waals surface area contributed by atoms with Gasteiger partial charge in [-0.2, -0.15) is 13.2 Å². The van der Waals surface area contributed by atoms with Crippen LogP contribution in [0.1, 0.15) is 44.0 Å². The lowest BCUT2D eigenvalue weighted by atomic mass is 10.1. The summed E-state index contributed by atoms with van der Waals surface area (Å²) >= 11 is 0. The molecule has 29 heavy (non-hydrogen) atoms. The standard InChI is InChI=1S/C23H23F3N2O/c1-14-7-5-10-20(11-14)27-22(29)21-16(3)15(2)17(4)28(21)13-18-8-6-9-19(12-18)23(24,25)26/h5-12H,13H2,1-4H3,(H,27,29). The highest BCUT2D eigenvalue weighted by Gasteiger charge is 2.30. The summed E-state index contributed by atoms with van der Waals surface area (Å²) in [6, 6.07) is 12.7. The lowest BCUT2D eigenvalue weighted by Gasteiger charge is -2.14. The molecule has 0 aliphatic heterocycles. The average Bonchev–Trinajstić information content (AvgIpc) is 2.85. The van der Waals surface area contributed by atoms with Crippen molar-refractivity contribution < 1.29 is 18.0 Å². The monoisotopic (exact) mass is 400 g/mol. The number of halogens is 3. The van der Waals surface area contributed by atoms with Gasteiger partial charge in [0.05, 0.1) is 5.56 Å². The molecule has 2 aromatic carbocycles. The van der Waals surface area contributed by atoms with Crippen molar-refractivity contribution in [3.63, 3.8) is 0 Å². The molecule has 152 valence electrons. The van der Waals surface area contributed by atoms with E-state index in [1.807, 2.05) is 45.9 Å². The van der Waals surface area contributed by atoms with Gasteiger partial charge in [-0.15, -0.1) is 0 Å². The molecule has 0 fully saturated rings. The average molecular weight is 400 g/mol. The fraction of sp³-hybridized carbons (Fsp3) is 0.261. The minimum Gasteiger partial charge on any atom is -0.336 e. The van der Waals surface area contributed by atoms with Crippen LogP contribution in [0.15, 0.2) is 48.5 Å². The van der Waals surface area contributed by atoms with Crippen LogP contribution in [0.5, 0.6) is 0 Å². The van der Waals surface area contributed by atoms with Gasteiger partial charge in [-0.05, 0) is 74.2 Å². The van der Waals surface area contributed by atoms with Crippen molar-refractivity contribution in [2.75, 3.05) is 5.32 Å². The number of aromatic nitrogens is 1. The van der Waals surface area contributed by atoms with Crippen LogP contribution in [0.2, 0.25) is 0 Å². The van der Waals surface area contributed by atoms with Crippen molar-refractivity contribution in [1.29, 1.82) is 0 Å². The highest BCUT2D eigenvalue weighted by Crippen LogP contribution is 2.30. The van der Waals surface area contributed by atoms with E-state index in [1.54, 1.807) is 16.7 Å². The van der Waals surface area contributed by atoms with E-state index in [9.17, 15) is 18.0 Å². The number of hydrogen-bond donors (Lipinski definition) is 1. The molecule has 0 unspecified atom stereocenters. The number of nitrogens with one attached hydrogen (secondary N) is 1. The number of carbonyl (C=O) groups is 1. The SMILES string of the molecule is Cc1cccc(NC(=O)c2c(C)c(C)c(C)n2Cc2cccc(C(F)(F)F)c2)c1. The van der Waals surface area contributed by atoms with E-state index < -0.39 is 11.7 Å². The molecule has 0 saturated heterocycles. The van der Waals surface area contributed by atoms with Gasteiger partial charge in [0.25, 0.3) is 5.91 Å². The molecule has 0 radical (unpaired) electrons. The van der Waals surface area contributed by atoms with Crippen LogP contribution in [0.3, 0.4) is 0 Å². The Bertz CT molecular complexity index is 1060. The lowest BCUT2D eigenvalue weighted by molar-refractivity contribution is -0.137.